The maximum atomic E-state index is 12.5. The van der Waals surface area contributed by atoms with E-state index >= 15 is 0 Å². The summed E-state index contributed by atoms with van der Waals surface area (Å²) in [6.45, 7) is 3.15. The predicted molar refractivity (Wildman–Crippen MR) is 102 cm³/mol. The molecule has 0 N–H and O–H groups in total. The Morgan fingerprint density at radius 2 is 1.97 bits per heavy atom. The lowest BCUT2D eigenvalue weighted by Crippen LogP contribution is -2.42. The van der Waals surface area contributed by atoms with E-state index in [2.05, 4.69) is 4.74 Å². The van der Waals surface area contributed by atoms with Crippen LogP contribution < -0.4 is 5.11 Å². The third-order valence-corrected chi connectivity index (χ3v) is 5.26. The van der Waals surface area contributed by atoms with Gasteiger partial charge >= 0.3 is 5.97 Å². The summed E-state index contributed by atoms with van der Waals surface area (Å²) in [5, 5.41) is 10.4. The van der Waals surface area contributed by atoms with Gasteiger partial charge in [0.25, 0.3) is 11.1 Å². The summed E-state index contributed by atoms with van der Waals surface area (Å²) in [7, 11) is 1.18. The summed E-state index contributed by atoms with van der Waals surface area (Å²) in [4.78, 5) is 48.2. The monoisotopic (exact) mass is 414 g/mol. The van der Waals surface area contributed by atoms with Crippen molar-refractivity contribution in [2.45, 2.75) is 19.9 Å². The standard InChI is InChI=1S/C20H17NO7S/c1-10-8-12(18(23)24)4-6-14(10)15-7-5-13(28-15)9-16-17(22)21(20(26)29-16)11(2)19(25)27-3/h4-9,11H,1-3H3,(H,23,24)/p-1/b16-9-/t11-/m0/s1. The molecule has 150 valence electrons. The van der Waals surface area contributed by atoms with Gasteiger partial charge in [0.15, 0.2) is 0 Å². The van der Waals surface area contributed by atoms with Crippen LogP contribution in [0.25, 0.3) is 17.4 Å². The van der Waals surface area contributed by atoms with Crippen LogP contribution in [-0.4, -0.2) is 41.1 Å². The first-order valence-electron chi connectivity index (χ1n) is 8.50. The van der Waals surface area contributed by atoms with Crippen molar-refractivity contribution in [1.29, 1.82) is 0 Å². The Morgan fingerprint density at radius 1 is 1.24 bits per heavy atom. The molecule has 1 aliphatic heterocycles. The fraction of sp³-hybridized carbons (Fsp3) is 0.200. The summed E-state index contributed by atoms with van der Waals surface area (Å²) in [5.41, 5.74) is 1.42. The van der Waals surface area contributed by atoms with E-state index in [1.807, 2.05) is 0 Å². The number of benzene rings is 1. The summed E-state index contributed by atoms with van der Waals surface area (Å²) in [6, 6.07) is 6.77. The maximum Gasteiger partial charge on any atom is 0.328 e. The molecule has 1 saturated heterocycles. The molecule has 9 heteroatoms. The number of ether oxygens (including phenoxy) is 1. The SMILES string of the molecule is COC(=O)[C@H](C)N1C(=O)S/C(=C\c2ccc(-c3ccc(C(=O)[O-])cc3C)o2)C1=O. The lowest BCUT2D eigenvalue weighted by Gasteiger charge is -2.18. The van der Waals surface area contributed by atoms with Crippen LogP contribution in [0.3, 0.4) is 0 Å². The van der Waals surface area contributed by atoms with Gasteiger partial charge in [0, 0.05) is 11.6 Å². The van der Waals surface area contributed by atoms with Crippen molar-refractivity contribution in [1.82, 2.24) is 4.90 Å². The molecule has 1 atom stereocenters. The molecule has 0 radical (unpaired) electrons. The number of thioether (sulfide) groups is 1. The highest BCUT2D eigenvalue weighted by Gasteiger charge is 2.41. The number of carboxylic acid groups (broad SMARTS) is 1. The van der Waals surface area contributed by atoms with E-state index in [4.69, 9.17) is 4.42 Å². The molecule has 0 spiro atoms. The molecular formula is C20H16NO7S-. The van der Waals surface area contributed by atoms with E-state index in [0.29, 0.717) is 34.4 Å². The molecular weight excluding hydrogens is 398 g/mol. The van der Waals surface area contributed by atoms with Gasteiger partial charge in [0.05, 0.1) is 18.0 Å². The molecule has 8 nitrogen and oxygen atoms in total. The lowest BCUT2D eigenvalue weighted by atomic mass is 10.0. The number of furan rings is 1. The summed E-state index contributed by atoms with van der Waals surface area (Å²) >= 11 is 0.705. The van der Waals surface area contributed by atoms with Gasteiger partial charge in [0.2, 0.25) is 0 Å². The lowest BCUT2D eigenvalue weighted by molar-refractivity contribution is -0.255. The van der Waals surface area contributed by atoms with E-state index in [-0.39, 0.29) is 10.5 Å². The van der Waals surface area contributed by atoms with Crippen LogP contribution in [0.2, 0.25) is 0 Å². The predicted octanol–water partition coefficient (Wildman–Crippen LogP) is 2.22. The fourth-order valence-electron chi connectivity index (χ4n) is 2.86. The van der Waals surface area contributed by atoms with Crippen LogP contribution in [0.5, 0.6) is 0 Å². The second-order valence-electron chi connectivity index (χ2n) is 6.27. The number of nitrogens with zero attached hydrogens (tertiary/aromatic N) is 1. The zero-order chi connectivity index (χ0) is 21.3. The van der Waals surface area contributed by atoms with Gasteiger partial charge in [-0.05, 0) is 54.9 Å². The number of rotatable bonds is 5. The molecule has 1 aromatic carbocycles. The number of aryl methyl sites for hydroxylation is 1. The highest BCUT2D eigenvalue weighted by Crippen LogP contribution is 2.35. The van der Waals surface area contributed by atoms with Crippen molar-refractivity contribution in [3.8, 4) is 11.3 Å². The van der Waals surface area contributed by atoms with Crippen LogP contribution in [0.4, 0.5) is 4.79 Å². The summed E-state index contributed by atoms with van der Waals surface area (Å²) < 4.78 is 10.3. The number of hydrogen-bond acceptors (Lipinski definition) is 8. The number of carbonyl (C=O) groups excluding carboxylic acids is 4. The Hall–Kier alpha value is -3.33. The Labute approximate surface area is 170 Å². The molecule has 0 saturated carbocycles. The number of aromatic carboxylic acids is 1. The minimum atomic E-state index is -1.27. The van der Waals surface area contributed by atoms with Crippen LogP contribution >= 0.6 is 11.8 Å². The molecule has 2 aromatic rings. The van der Waals surface area contributed by atoms with Gasteiger partial charge in [0.1, 0.15) is 17.6 Å². The second kappa shape index (κ2) is 7.96. The largest absolute Gasteiger partial charge is 0.545 e. The quantitative estimate of drug-likeness (QED) is 0.540. The van der Waals surface area contributed by atoms with Gasteiger partial charge in [-0.15, -0.1) is 0 Å². The molecule has 2 heterocycles. The van der Waals surface area contributed by atoms with Crippen molar-refractivity contribution >= 4 is 40.9 Å². The first-order chi connectivity index (χ1) is 13.7. The molecule has 29 heavy (non-hydrogen) atoms. The number of methoxy groups -OCH3 is 1. The van der Waals surface area contributed by atoms with Crippen molar-refractivity contribution in [2.24, 2.45) is 0 Å². The van der Waals surface area contributed by atoms with E-state index in [1.54, 1.807) is 25.1 Å². The third kappa shape index (κ3) is 3.95. The van der Waals surface area contributed by atoms with Crippen molar-refractivity contribution in [2.75, 3.05) is 7.11 Å². The number of carbonyl (C=O) groups is 4. The number of carboxylic acids is 1. The fourth-order valence-corrected chi connectivity index (χ4v) is 3.75. The van der Waals surface area contributed by atoms with Crippen LogP contribution in [-0.2, 0) is 14.3 Å². The average molecular weight is 414 g/mol. The van der Waals surface area contributed by atoms with Crippen LogP contribution in [0, 0.1) is 6.92 Å². The molecule has 0 bridgehead atoms. The molecule has 0 unspecified atom stereocenters. The molecule has 1 fully saturated rings. The average Bonchev–Trinajstić information content (AvgIpc) is 3.25. The van der Waals surface area contributed by atoms with Crippen molar-refractivity contribution in [3.63, 3.8) is 0 Å². The highest BCUT2D eigenvalue weighted by molar-refractivity contribution is 8.18. The van der Waals surface area contributed by atoms with Crippen molar-refractivity contribution < 1.29 is 33.4 Å². The summed E-state index contributed by atoms with van der Waals surface area (Å²) in [5.74, 6) is -1.76. The van der Waals surface area contributed by atoms with E-state index in [0.717, 1.165) is 4.90 Å². The van der Waals surface area contributed by atoms with Crippen LogP contribution in [0.1, 0.15) is 28.6 Å². The van der Waals surface area contributed by atoms with Gasteiger partial charge in [-0.1, -0.05) is 12.1 Å². The smallest absolute Gasteiger partial charge is 0.328 e. The van der Waals surface area contributed by atoms with Gasteiger partial charge in [-0.3, -0.25) is 14.5 Å². The first-order valence-corrected chi connectivity index (χ1v) is 9.31. The number of imide groups is 1. The minimum absolute atomic E-state index is 0.0615. The number of amides is 2. The van der Waals surface area contributed by atoms with Gasteiger partial charge in [-0.2, -0.15) is 0 Å². The highest BCUT2D eigenvalue weighted by atomic mass is 32.2. The zero-order valence-corrected chi connectivity index (χ0v) is 16.6. The topological polar surface area (TPSA) is 117 Å². The van der Waals surface area contributed by atoms with Crippen LogP contribution in [0.15, 0.2) is 39.7 Å². The number of esters is 1. The minimum Gasteiger partial charge on any atom is -0.545 e. The van der Waals surface area contributed by atoms with E-state index in [9.17, 15) is 24.3 Å². The van der Waals surface area contributed by atoms with E-state index < -0.39 is 29.1 Å². The molecule has 0 aliphatic carbocycles. The molecule has 2 amide bonds. The Balaban J connectivity index is 1.85. The molecule has 3 rings (SSSR count). The normalized spacial score (nSPS) is 16.4. The third-order valence-electron chi connectivity index (χ3n) is 4.38. The van der Waals surface area contributed by atoms with Gasteiger partial charge in [-0.25, -0.2) is 4.79 Å². The Morgan fingerprint density at radius 3 is 2.59 bits per heavy atom. The Kier molecular flexibility index (Phi) is 5.60. The molecule has 1 aliphatic rings. The van der Waals surface area contributed by atoms with Crippen molar-refractivity contribution in [3.05, 3.63) is 52.1 Å². The zero-order valence-electron chi connectivity index (χ0n) is 15.8. The maximum absolute atomic E-state index is 12.5. The Bertz CT molecular complexity index is 1050. The molecule has 1 aromatic heterocycles. The van der Waals surface area contributed by atoms with Gasteiger partial charge < -0.3 is 19.1 Å². The number of hydrogen-bond donors (Lipinski definition) is 0. The van der Waals surface area contributed by atoms with E-state index in [1.165, 1.54) is 32.2 Å². The summed E-state index contributed by atoms with van der Waals surface area (Å²) in [6.07, 6.45) is 1.42. The second-order valence-corrected chi connectivity index (χ2v) is 7.26. The first kappa shape index (κ1) is 20.4.